The minimum absolute atomic E-state index is 0.0830. The van der Waals surface area contributed by atoms with Gasteiger partial charge in [0.05, 0.1) is 13.2 Å². The quantitative estimate of drug-likeness (QED) is 0.765. The number of aromatic nitrogens is 3. The third kappa shape index (κ3) is 3.25. The van der Waals surface area contributed by atoms with Gasteiger partial charge in [0.25, 0.3) is 11.5 Å². The van der Waals surface area contributed by atoms with Crippen LogP contribution in [0.5, 0.6) is 0 Å². The van der Waals surface area contributed by atoms with Gasteiger partial charge < -0.3 is 9.64 Å². The number of carbonyl (C=O) groups excluding carboxylic acids is 1. The molecule has 1 aliphatic heterocycles. The van der Waals surface area contributed by atoms with Crippen molar-refractivity contribution < 1.29 is 9.53 Å². The summed E-state index contributed by atoms with van der Waals surface area (Å²) in [6.45, 7) is 3.04. The van der Waals surface area contributed by atoms with E-state index in [2.05, 4.69) is 4.98 Å². The van der Waals surface area contributed by atoms with Crippen LogP contribution < -0.4 is 11.2 Å². The van der Waals surface area contributed by atoms with Crippen LogP contribution in [0.15, 0.2) is 34.0 Å². The zero-order valence-corrected chi connectivity index (χ0v) is 14.4. The summed E-state index contributed by atoms with van der Waals surface area (Å²) >= 11 is 0. The van der Waals surface area contributed by atoms with Gasteiger partial charge in [0, 0.05) is 38.6 Å². The van der Waals surface area contributed by atoms with Crippen LogP contribution in [0, 0.1) is 6.92 Å². The van der Waals surface area contributed by atoms with Crippen LogP contribution in [0.1, 0.15) is 27.8 Å². The number of carbonyl (C=O) groups is 1. The lowest BCUT2D eigenvalue weighted by molar-refractivity contribution is -0.0232. The topological polar surface area (TPSA) is 86.4 Å². The van der Waals surface area contributed by atoms with E-state index >= 15 is 0 Å². The first-order chi connectivity index (χ1) is 11.9. The molecule has 3 heterocycles. The van der Waals surface area contributed by atoms with Crippen molar-refractivity contribution in [1.29, 1.82) is 0 Å². The molecule has 0 N–H and O–H groups in total. The van der Waals surface area contributed by atoms with E-state index in [-0.39, 0.29) is 17.7 Å². The zero-order chi connectivity index (χ0) is 18.1. The first-order valence-corrected chi connectivity index (χ1v) is 7.99. The average molecular weight is 344 g/mol. The molecule has 1 aliphatic rings. The van der Waals surface area contributed by atoms with E-state index in [1.807, 2.05) is 19.1 Å². The minimum Gasteiger partial charge on any atom is -0.370 e. The molecule has 132 valence electrons. The lowest BCUT2D eigenvalue weighted by atomic mass is 10.1. The molecule has 2 aromatic heterocycles. The van der Waals surface area contributed by atoms with Crippen LogP contribution in [0.25, 0.3) is 0 Å². The highest BCUT2D eigenvalue weighted by molar-refractivity contribution is 5.92. The van der Waals surface area contributed by atoms with Crippen molar-refractivity contribution in [1.82, 2.24) is 19.0 Å². The van der Waals surface area contributed by atoms with Crippen molar-refractivity contribution in [2.75, 3.05) is 19.7 Å². The maximum absolute atomic E-state index is 12.8. The van der Waals surface area contributed by atoms with Crippen LogP contribution in [-0.4, -0.2) is 44.6 Å². The highest BCUT2D eigenvalue weighted by atomic mass is 16.5. The molecule has 1 amide bonds. The highest BCUT2D eigenvalue weighted by Gasteiger charge is 2.28. The van der Waals surface area contributed by atoms with Gasteiger partial charge in [0.1, 0.15) is 11.8 Å². The molecule has 1 unspecified atom stereocenters. The second kappa shape index (κ2) is 6.64. The maximum Gasteiger partial charge on any atom is 0.331 e. The number of ether oxygens (including phenoxy) is 1. The Bertz CT molecular complexity index is 931. The molecule has 2 aromatic rings. The smallest absolute Gasteiger partial charge is 0.331 e. The number of aryl methyl sites for hydroxylation is 1. The summed E-state index contributed by atoms with van der Waals surface area (Å²) in [6.07, 6.45) is 1.45. The van der Waals surface area contributed by atoms with Crippen LogP contribution in [0.3, 0.4) is 0 Å². The molecule has 1 atom stereocenters. The second-order valence-electron chi connectivity index (χ2n) is 6.11. The Kier molecular flexibility index (Phi) is 4.54. The van der Waals surface area contributed by atoms with E-state index < -0.39 is 11.2 Å². The van der Waals surface area contributed by atoms with Gasteiger partial charge in [-0.15, -0.1) is 0 Å². The molecule has 0 spiro atoms. The van der Waals surface area contributed by atoms with Crippen molar-refractivity contribution in [2.24, 2.45) is 14.1 Å². The molecule has 0 bridgehead atoms. The van der Waals surface area contributed by atoms with E-state index in [1.54, 1.807) is 11.1 Å². The standard InChI is InChI=1S/C17H20N4O4/c1-11-8-12(4-5-18-11)14-10-21(6-7-25-14)16(23)13-9-15(22)20(3)17(24)19(13)2/h4-5,8-9,14H,6-7,10H2,1-3H3. The molecule has 0 aliphatic carbocycles. The van der Waals surface area contributed by atoms with Gasteiger partial charge in [0.15, 0.2) is 0 Å². The van der Waals surface area contributed by atoms with Crippen molar-refractivity contribution in [3.8, 4) is 0 Å². The molecular weight excluding hydrogens is 324 g/mol. The Morgan fingerprint density at radius 1 is 1.24 bits per heavy atom. The fraction of sp³-hybridized carbons (Fsp3) is 0.412. The Morgan fingerprint density at radius 3 is 2.72 bits per heavy atom. The lowest BCUT2D eigenvalue weighted by Crippen LogP contribution is -2.46. The van der Waals surface area contributed by atoms with Crippen molar-refractivity contribution in [3.63, 3.8) is 0 Å². The first-order valence-electron chi connectivity index (χ1n) is 7.99. The SMILES string of the molecule is Cc1cc(C2CN(C(=O)c3cc(=O)n(C)c(=O)n3C)CCO2)ccn1. The second-order valence-corrected chi connectivity index (χ2v) is 6.11. The summed E-state index contributed by atoms with van der Waals surface area (Å²) in [7, 11) is 2.87. The first kappa shape index (κ1) is 17.1. The lowest BCUT2D eigenvalue weighted by Gasteiger charge is -2.33. The summed E-state index contributed by atoms with van der Waals surface area (Å²) in [6, 6.07) is 4.98. The Morgan fingerprint density at radius 2 is 2.00 bits per heavy atom. The van der Waals surface area contributed by atoms with Crippen LogP contribution in [0.4, 0.5) is 0 Å². The summed E-state index contributed by atoms with van der Waals surface area (Å²) < 4.78 is 7.95. The van der Waals surface area contributed by atoms with Crippen LogP contribution in [0.2, 0.25) is 0 Å². The van der Waals surface area contributed by atoms with Crippen molar-refractivity contribution >= 4 is 5.91 Å². The predicted octanol–water partition coefficient (Wildman–Crippen LogP) is 0.00112. The average Bonchev–Trinajstić information content (AvgIpc) is 2.62. The van der Waals surface area contributed by atoms with Crippen LogP contribution >= 0.6 is 0 Å². The molecule has 1 fully saturated rings. The van der Waals surface area contributed by atoms with E-state index in [1.165, 1.54) is 24.7 Å². The van der Waals surface area contributed by atoms with Crippen molar-refractivity contribution in [3.05, 3.63) is 62.2 Å². The Balaban J connectivity index is 1.88. The summed E-state index contributed by atoms with van der Waals surface area (Å²) in [4.78, 5) is 42.5. The summed E-state index contributed by atoms with van der Waals surface area (Å²) in [5.74, 6) is -0.351. The molecule has 0 saturated carbocycles. The summed E-state index contributed by atoms with van der Waals surface area (Å²) in [5, 5.41) is 0. The molecule has 8 nitrogen and oxygen atoms in total. The van der Waals surface area contributed by atoms with Crippen molar-refractivity contribution in [2.45, 2.75) is 13.0 Å². The number of morpholine rings is 1. The van der Waals surface area contributed by atoms with E-state index in [0.29, 0.717) is 19.7 Å². The number of hydrogen-bond donors (Lipinski definition) is 0. The third-order valence-electron chi connectivity index (χ3n) is 4.39. The van der Waals surface area contributed by atoms with Gasteiger partial charge in [-0.2, -0.15) is 0 Å². The van der Waals surface area contributed by atoms with Gasteiger partial charge in [-0.3, -0.25) is 23.7 Å². The van der Waals surface area contributed by atoms with E-state index in [0.717, 1.165) is 15.8 Å². The summed E-state index contributed by atoms with van der Waals surface area (Å²) in [5.41, 5.74) is 0.882. The minimum atomic E-state index is -0.523. The number of rotatable bonds is 2. The van der Waals surface area contributed by atoms with E-state index in [4.69, 9.17) is 4.74 Å². The van der Waals surface area contributed by atoms with Gasteiger partial charge >= 0.3 is 5.69 Å². The number of nitrogens with zero attached hydrogens (tertiary/aromatic N) is 4. The molecule has 25 heavy (non-hydrogen) atoms. The van der Waals surface area contributed by atoms with E-state index in [9.17, 15) is 14.4 Å². The number of hydrogen-bond acceptors (Lipinski definition) is 5. The van der Waals surface area contributed by atoms with Gasteiger partial charge in [0.2, 0.25) is 0 Å². The molecule has 8 heteroatoms. The van der Waals surface area contributed by atoms with Gasteiger partial charge in [-0.25, -0.2) is 4.79 Å². The molecule has 0 radical (unpaired) electrons. The zero-order valence-electron chi connectivity index (χ0n) is 14.4. The Hall–Kier alpha value is -2.74. The molecule has 0 aromatic carbocycles. The number of amides is 1. The normalized spacial score (nSPS) is 17.6. The molecule has 1 saturated heterocycles. The fourth-order valence-electron chi connectivity index (χ4n) is 2.90. The largest absolute Gasteiger partial charge is 0.370 e. The Labute approximate surface area is 144 Å². The fourth-order valence-corrected chi connectivity index (χ4v) is 2.90. The molecule has 3 rings (SSSR count). The van der Waals surface area contributed by atoms with Gasteiger partial charge in [-0.1, -0.05) is 0 Å². The highest BCUT2D eigenvalue weighted by Crippen LogP contribution is 2.23. The predicted molar refractivity (Wildman–Crippen MR) is 90.5 cm³/mol. The monoisotopic (exact) mass is 344 g/mol. The third-order valence-corrected chi connectivity index (χ3v) is 4.39. The number of pyridine rings is 1. The van der Waals surface area contributed by atoms with Gasteiger partial charge in [-0.05, 0) is 24.6 Å². The maximum atomic E-state index is 12.8. The molecular formula is C17H20N4O4. The van der Waals surface area contributed by atoms with Crippen LogP contribution in [-0.2, 0) is 18.8 Å².